The van der Waals surface area contributed by atoms with Gasteiger partial charge in [0.1, 0.15) is 11.5 Å². The van der Waals surface area contributed by atoms with E-state index in [1.807, 2.05) is 25.1 Å². The van der Waals surface area contributed by atoms with E-state index in [9.17, 15) is 9.90 Å². The first-order valence-electron chi connectivity index (χ1n) is 9.20. The minimum Gasteiger partial charge on any atom is -0.508 e. The molecule has 1 heterocycles. The van der Waals surface area contributed by atoms with Gasteiger partial charge in [-0.1, -0.05) is 61.5 Å². The lowest BCUT2D eigenvalue weighted by molar-refractivity contribution is -0.136. The Balaban J connectivity index is 1.66. The SMILES string of the molecule is CCC1=C(c2ccc(-c3ccccc3)cc2)[C@@H]2CC(C(=O)OC)=C(O)[C@@H]2O1. The number of carbonyl (C=O) groups excluding carboxylic acids is 1. The quantitative estimate of drug-likeness (QED) is 0.788. The summed E-state index contributed by atoms with van der Waals surface area (Å²) in [5, 5.41) is 10.5. The normalized spacial score (nSPS) is 21.3. The van der Waals surface area contributed by atoms with E-state index in [-0.39, 0.29) is 11.7 Å². The second-order valence-electron chi connectivity index (χ2n) is 6.84. The van der Waals surface area contributed by atoms with Gasteiger partial charge in [0.2, 0.25) is 0 Å². The fourth-order valence-electron chi connectivity index (χ4n) is 4.04. The Labute approximate surface area is 158 Å². The fourth-order valence-corrected chi connectivity index (χ4v) is 4.04. The number of hydrogen-bond acceptors (Lipinski definition) is 4. The molecule has 27 heavy (non-hydrogen) atoms. The molecule has 0 aromatic heterocycles. The molecule has 0 saturated carbocycles. The van der Waals surface area contributed by atoms with E-state index in [1.54, 1.807) is 0 Å². The molecule has 0 fully saturated rings. The van der Waals surface area contributed by atoms with Gasteiger partial charge in [0.25, 0.3) is 0 Å². The van der Waals surface area contributed by atoms with Crippen molar-refractivity contribution >= 4 is 11.5 Å². The van der Waals surface area contributed by atoms with Crippen LogP contribution in [0, 0.1) is 5.92 Å². The Hall–Kier alpha value is -3.01. The van der Waals surface area contributed by atoms with Gasteiger partial charge in [0.15, 0.2) is 6.10 Å². The summed E-state index contributed by atoms with van der Waals surface area (Å²) in [6.45, 7) is 2.04. The van der Waals surface area contributed by atoms with Crippen LogP contribution in [0.4, 0.5) is 0 Å². The highest BCUT2D eigenvalue weighted by Crippen LogP contribution is 2.49. The van der Waals surface area contributed by atoms with Crippen LogP contribution in [0.15, 0.2) is 71.7 Å². The number of allylic oxidation sites excluding steroid dienone is 1. The van der Waals surface area contributed by atoms with Crippen molar-refractivity contribution in [3.63, 3.8) is 0 Å². The molecule has 2 aromatic rings. The molecule has 1 aliphatic carbocycles. The van der Waals surface area contributed by atoms with E-state index in [2.05, 4.69) is 36.4 Å². The molecule has 2 aromatic carbocycles. The lowest BCUT2D eigenvalue weighted by Crippen LogP contribution is -2.15. The monoisotopic (exact) mass is 362 g/mol. The van der Waals surface area contributed by atoms with Gasteiger partial charge < -0.3 is 14.6 Å². The van der Waals surface area contributed by atoms with E-state index in [0.29, 0.717) is 12.0 Å². The molecule has 2 atom stereocenters. The highest BCUT2D eigenvalue weighted by Gasteiger charge is 2.47. The minimum atomic E-state index is -0.488. The minimum absolute atomic E-state index is 0.00806. The third-order valence-electron chi connectivity index (χ3n) is 5.36. The van der Waals surface area contributed by atoms with Crippen molar-refractivity contribution in [2.24, 2.45) is 5.92 Å². The van der Waals surface area contributed by atoms with Crippen LogP contribution >= 0.6 is 0 Å². The van der Waals surface area contributed by atoms with Crippen LogP contribution in [0.1, 0.15) is 25.3 Å². The Morgan fingerprint density at radius 1 is 1.07 bits per heavy atom. The number of hydrogen-bond donors (Lipinski definition) is 1. The van der Waals surface area contributed by atoms with Gasteiger partial charge in [-0.3, -0.25) is 0 Å². The molecule has 0 spiro atoms. The molecule has 1 aliphatic heterocycles. The predicted octanol–water partition coefficient (Wildman–Crippen LogP) is 4.88. The lowest BCUT2D eigenvalue weighted by atomic mass is 9.88. The zero-order chi connectivity index (χ0) is 19.0. The van der Waals surface area contributed by atoms with Crippen LogP contribution in [0.5, 0.6) is 0 Å². The van der Waals surface area contributed by atoms with Gasteiger partial charge in [0, 0.05) is 17.9 Å². The molecular weight excluding hydrogens is 340 g/mol. The molecule has 0 bridgehead atoms. The number of fused-ring (bicyclic) bond motifs is 1. The largest absolute Gasteiger partial charge is 0.508 e. The number of rotatable bonds is 4. The molecule has 0 radical (unpaired) electrons. The smallest absolute Gasteiger partial charge is 0.337 e. The van der Waals surface area contributed by atoms with Crippen LogP contribution < -0.4 is 0 Å². The summed E-state index contributed by atoms with van der Waals surface area (Å²) < 4.78 is 10.8. The summed E-state index contributed by atoms with van der Waals surface area (Å²) in [6, 6.07) is 18.6. The Bertz CT molecular complexity index is 923. The van der Waals surface area contributed by atoms with Crippen molar-refractivity contribution in [3.8, 4) is 11.1 Å². The van der Waals surface area contributed by atoms with Crippen LogP contribution in [-0.4, -0.2) is 24.3 Å². The predicted molar refractivity (Wildman–Crippen MR) is 104 cm³/mol. The third kappa shape index (κ3) is 2.91. The van der Waals surface area contributed by atoms with Crippen LogP contribution in [-0.2, 0) is 14.3 Å². The van der Waals surface area contributed by atoms with E-state index in [4.69, 9.17) is 9.47 Å². The zero-order valence-corrected chi connectivity index (χ0v) is 15.4. The number of ether oxygens (including phenoxy) is 2. The summed E-state index contributed by atoms with van der Waals surface area (Å²) in [4.78, 5) is 11.9. The van der Waals surface area contributed by atoms with Gasteiger partial charge in [-0.25, -0.2) is 4.79 Å². The lowest BCUT2D eigenvalue weighted by Gasteiger charge is -2.13. The maximum Gasteiger partial charge on any atom is 0.337 e. The van der Waals surface area contributed by atoms with Gasteiger partial charge in [0.05, 0.1) is 12.7 Å². The molecule has 2 aliphatic rings. The van der Waals surface area contributed by atoms with Crippen molar-refractivity contribution < 1.29 is 19.4 Å². The first-order chi connectivity index (χ1) is 13.1. The molecule has 1 N–H and O–H groups in total. The summed E-state index contributed by atoms with van der Waals surface area (Å²) in [5.74, 6) is 0.348. The number of esters is 1. The third-order valence-corrected chi connectivity index (χ3v) is 5.36. The molecule has 138 valence electrons. The van der Waals surface area contributed by atoms with Crippen LogP contribution in [0.2, 0.25) is 0 Å². The van der Waals surface area contributed by atoms with Crippen molar-refractivity contribution in [3.05, 3.63) is 77.3 Å². The van der Waals surface area contributed by atoms with Gasteiger partial charge in [-0.05, 0) is 23.1 Å². The van der Waals surface area contributed by atoms with E-state index < -0.39 is 12.1 Å². The summed E-state index contributed by atoms with van der Waals surface area (Å²) in [6.07, 6.45) is 0.685. The first-order valence-corrected chi connectivity index (χ1v) is 9.20. The summed E-state index contributed by atoms with van der Waals surface area (Å²) in [7, 11) is 1.33. The molecule has 4 rings (SSSR count). The van der Waals surface area contributed by atoms with Crippen molar-refractivity contribution in [2.75, 3.05) is 7.11 Å². The van der Waals surface area contributed by atoms with Crippen molar-refractivity contribution in [1.82, 2.24) is 0 Å². The van der Waals surface area contributed by atoms with Gasteiger partial charge in [-0.15, -0.1) is 0 Å². The van der Waals surface area contributed by atoms with Gasteiger partial charge in [-0.2, -0.15) is 0 Å². The number of benzene rings is 2. The van der Waals surface area contributed by atoms with Crippen molar-refractivity contribution in [2.45, 2.75) is 25.9 Å². The number of aliphatic hydroxyl groups is 1. The maximum atomic E-state index is 11.9. The Morgan fingerprint density at radius 2 is 1.70 bits per heavy atom. The fraction of sp³-hybridized carbons (Fsp3) is 0.261. The van der Waals surface area contributed by atoms with E-state index in [0.717, 1.165) is 28.9 Å². The van der Waals surface area contributed by atoms with Crippen LogP contribution in [0.25, 0.3) is 16.7 Å². The number of aliphatic hydroxyl groups excluding tert-OH is 1. The Morgan fingerprint density at radius 3 is 2.33 bits per heavy atom. The van der Waals surface area contributed by atoms with E-state index >= 15 is 0 Å². The second kappa shape index (κ2) is 6.95. The number of methoxy groups -OCH3 is 1. The number of carbonyl (C=O) groups is 1. The summed E-state index contributed by atoms with van der Waals surface area (Å²) >= 11 is 0. The van der Waals surface area contributed by atoms with Crippen LogP contribution in [0.3, 0.4) is 0 Å². The molecule has 0 unspecified atom stereocenters. The maximum absolute atomic E-state index is 11.9. The molecule has 4 heteroatoms. The van der Waals surface area contributed by atoms with Gasteiger partial charge >= 0.3 is 5.97 Å². The highest BCUT2D eigenvalue weighted by atomic mass is 16.5. The first kappa shape index (κ1) is 17.4. The molecule has 4 nitrogen and oxygen atoms in total. The standard InChI is InChI=1S/C23H22O4/c1-3-19-20(17-13-18(23(25)26-2)21(24)22(17)27-19)16-11-9-15(10-12-16)14-7-5-4-6-8-14/h4-12,17,22,24H,3,13H2,1-2H3/t17-,22+/m0/s1. The zero-order valence-electron chi connectivity index (χ0n) is 15.4. The van der Waals surface area contributed by atoms with E-state index in [1.165, 1.54) is 12.7 Å². The molecule has 0 amide bonds. The Kier molecular flexibility index (Phi) is 4.48. The average Bonchev–Trinajstić information content (AvgIpc) is 3.24. The second-order valence-corrected chi connectivity index (χ2v) is 6.84. The topological polar surface area (TPSA) is 55.8 Å². The molecular formula is C23H22O4. The molecule has 0 saturated heterocycles. The highest BCUT2D eigenvalue weighted by molar-refractivity contribution is 5.91. The summed E-state index contributed by atoms with van der Waals surface area (Å²) in [5.41, 5.74) is 4.78. The average molecular weight is 362 g/mol. The van der Waals surface area contributed by atoms with Crippen molar-refractivity contribution in [1.29, 1.82) is 0 Å².